The first kappa shape index (κ1) is 22.8. The number of halogens is 3. The molecule has 0 unspecified atom stereocenters. The van der Waals surface area contributed by atoms with E-state index in [0.29, 0.717) is 0 Å². The summed E-state index contributed by atoms with van der Waals surface area (Å²) in [6.07, 6.45) is 4.00. The van der Waals surface area contributed by atoms with Crippen molar-refractivity contribution in [2.24, 2.45) is 7.05 Å². The second kappa shape index (κ2) is 7.71. The standard InChI is InChI=1S/C13H12N2O.CHF3O3S.3CH3.Sn/c1-14-12-6-4-3-5-10(12)11-7-8-15(16-2)9-13(11)14;2-1(3,4)8(5,6)7;;;;/h4-9H,1-2H3;(H,5,6,7);3*1H3;/q+1;;;;;/p-1. The van der Waals surface area contributed by atoms with Crippen LogP contribution in [0.3, 0.4) is 0 Å². The van der Waals surface area contributed by atoms with E-state index >= 15 is 0 Å². The molecule has 0 saturated carbocycles. The zero-order valence-electron chi connectivity index (χ0n) is 16.0. The van der Waals surface area contributed by atoms with Crippen LogP contribution in [-0.2, 0) is 17.2 Å². The molecule has 11 heteroatoms. The topological polar surface area (TPSA) is 75.2 Å². The van der Waals surface area contributed by atoms with Crippen LogP contribution in [0.25, 0.3) is 21.8 Å². The van der Waals surface area contributed by atoms with Gasteiger partial charge in [-0.25, -0.2) is 8.42 Å². The average Bonchev–Trinajstić information content (AvgIpc) is 2.85. The molecule has 0 N–H and O–H groups in total. The molecule has 0 atom stereocenters. The van der Waals surface area contributed by atoms with Gasteiger partial charge in [0.05, 0.1) is 0 Å². The zero-order chi connectivity index (χ0) is 21.5. The Kier molecular flexibility index (Phi) is 6.27. The Hall–Kier alpha value is -1.53. The summed E-state index contributed by atoms with van der Waals surface area (Å²) in [7, 11) is -2.29. The number of aryl methyl sites for hydroxylation is 1. The zero-order valence-corrected chi connectivity index (χ0v) is 19.7. The molecule has 0 spiro atoms. The molecule has 0 saturated heterocycles. The number of hydrogen-bond acceptors (Lipinski definition) is 4. The first-order valence-corrected chi connectivity index (χ1v) is 19.6. The number of fused-ring (bicyclic) bond motifs is 3. The van der Waals surface area contributed by atoms with Gasteiger partial charge in [-0.2, -0.15) is 13.2 Å². The van der Waals surface area contributed by atoms with E-state index in [1.54, 1.807) is 15.4 Å². The second-order valence-electron chi connectivity index (χ2n) is 7.23. The van der Waals surface area contributed by atoms with E-state index in [4.69, 9.17) is 17.8 Å². The molecule has 2 heterocycles. The van der Waals surface area contributed by atoms with Crippen LogP contribution in [0.2, 0.25) is 14.8 Å². The summed E-state index contributed by atoms with van der Waals surface area (Å²) in [4.78, 5) is 12.6. The van der Waals surface area contributed by atoms with Crippen molar-refractivity contribution < 1.29 is 35.7 Å². The first-order chi connectivity index (χ1) is 12.7. The molecule has 2 aromatic heterocycles. The van der Waals surface area contributed by atoms with Crippen molar-refractivity contribution in [2.75, 3.05) is 7.11 Å². The van der Waals surface area contributed by atoms with Gasteiger partial charge in [-0.3, -0.25) is 0 Å². The van der Waals surface area contributed by atoms with Gasteiger partial charge in [-0.1, -0.05) is 0 Å². The Morgan fingerprint density at radius 2 is 1.68 bits per heavy atom. The third-order valence-electron chi connectivity index (χ3n) is 4.28. The number of alkyl halides is 3. The molecule has 0 radical (unpaired) electrons. The van der Waals surface area contributed by atoms with E-state index in [1.165, 1.54) is 21.8 Å². The molecule has 3 aromatic rings. The monoisotopic (exact) mass is 526 g/mol. The second-order valence-corrected chi connectivity index (χ2v) is 23.1. The summed E-state index contributed by atoms with van der Waals surface area (Å²) in [5.41, 5.74) is -3.16. The number of rotatable bonds is 2. The van der Waals surface area contributed by atoms with Gasteiger partial charge in [0.2, 0.25) is 0 Å². The van der Waals surface area contributed by atoms with E-state index < -0.39 is 34.0 Å². The number of hydrogen-bond donors (Lipinski definition) is 0. The maximum Gasteiger partial charge on any atom is 0.485 e. The van der Waals surface area contributed by atoms with Gasteiger partial charge in [-0.15, -0.1) is 0 Å². The number of pyridine rings is 1. The van der Waals surface area contributed by atoms with Crippen molar-refractivity contribution in [3.63, 3.8) is 0 Å². The predicted molar refractivity (Wildman–Crippen MR) is 102 cm³/mol. The van der Waals surface area contributed by atoms with Crippen molar-refractivity contribution in [2.45, 2.75) is 20.3 Å². The molecular weight excluding hydrogens is 504 g/mol. The van der Waals surface area contributed by atoms with Crippen LogP contribution in [0.4, 0.5) is 13.2 Å². The third-order valence-corrected chi connectivity index (χ3v) is 10.7. The van der Waals surface area contributed by atoms with Crippen LogP contribution < -0.4 is 13.1 Å². The number of aromatic nitrogens is 2. The van der Waals surface area contributed by atoms with Crippen molar-refractivity contribution in [1.29, 1.82) is 0 Å². The van der Waals surface area contributed by atoms with Gasteiger partial charge in [0.1, 0.15) is 0 Å². The van der Waals surface area contributed by atoms with E-state index in [0.717, 1.165) is 0 Å². The van der Waals surface area contributed by atoms with Crippen molar-refractivity contribution in [1.82, 2.24) is 4.57 Å². The fourth-order valence-electron chi connectivity index (χ4n) is 2.72. The molecule has 0 aliphatic rings. The van der Waals surface area contributed by atoms with Crippen LogP contribution in [-0.4, -0.2) is 48.5 Å². The van der Waals surface area contributed by atoms with E-state index in [1.807, 2.05) is 12.4 Å². The predicted octanol–water partition coefficient (Wildman–Crippen LogP) is 2.27. The molecule has 6 nitrogen and oxygen atoms in total. The quantitative estimate of drug-likeness (QED) is 0.223. The Morgan fingerprint density at radius 3 is 2.14 bits per heavy atom. The van der Waals surface area contributed by atoms with E-state index in [9.17, 15) is 13.2 Å². The maximum absolute atomic E-state index is 10.7. The SMILES string of the molecule is CO[n+]1ccc2c3c[c]([Sn]([CH3])([CH3])[CH3])ccc3n(C)c2c1.O=S(=O)([O-])C(F)(F)F. The molecular formula is C17H21F3N2O4SSn. The van der Waals surface area contributed by atoms with Gasteiger partial charge < -0.3 is 4.55 Å². The average molecular weight is 525 g/mol. The fraction of sp³-hybridized carbons (Fsp3) is 0.353. The largest absolute Gasteiger partial charge is 0.741 e. The van der Waals surface area contributed by atoms with Crippen LogP contribution in [0.1, 0.15) is 0 Å². The summed E-state index contributed by atoms with van der Waals surface area (Å²) in [5.74, 6) is 0. The molecule has 0 amide bonds. The van der Waals surface area contributed by atoms with Gasteiger partial charge in [-0.05, 0) is 0 Å². The van der Waals surface area contributed by atoms with Crippen molar-refractivity contribution in [3.8, 4) is 0 Å². The minimum Gasteiger partial charge on any atom is -0.741 e. The van der Waals surface area contributed by atoms with Crippen molar-refractivity contribution >= 4 is 53.9 Å². The summed E-state index contributed by atoms with van der Waals surface area (Å²) in [6.45, 7) is 0. The molecule has 154 valence electrons. The molecule has 1 aromatic carbocycles. The Balaban J connectivity index is 0.000000300. The van der Waals surface area contributed by atoms with Crippen LogP contribution in [0, 0.1) is 0 Å². The summed E-state index contributed by atoms with van der Waals surface area (Å²) < 4.78 is 64.5. The van der Waals surface area contributed by atoms with Crippen LogP contribution >= 0.6 is 0 Å². The molecule has 28 heavy (non-hydrogen) atoms. The fourth-order valence-corrected chi connectivity index (χ4v) is 6.03. The molecule has 0 fully saturated rings. The van der Waals surface area contributed by atoms with Gasteiger partial charge in [0.15, 0.2) is 10.1 Å². The number of nitrogens with zero attached hydrogens (tertiary/aromatic N) is 2. The summed E-state index contributed by atoms with van der Waals surface area (Å²) in [6, 6.07) is 9.14. The maximum atomic E-state index is 10.7. The minimum absolute atomic E-state index is 1.20. The van der Waals surface area contributed by atoms with E-state index in [-0.39, 0.29) is 0 Å². The third kappa shape index (κ3) is 4.71. The van der Waals surface area contributed by atoms with Crippen LogP contribution in [0.5, 0.6) is 0 Å². The number of benzene rings is 1. The Morgan fingerprint density at radius 1 is 1.11 bits per heavy atom. The molecule has 0 bridgehead atoms. The molecule has 3 rings (SSSR count). The smallest absolute Gasteiger partial charge is 0.485 e. The first-order valence-electron chi connectivity index (χ1n) is 8.17. The Bertz CT molecular complexity index is 1120. The van der Waals surface area contributed by atoms with Gasteiger partial charge in [0.25, 0.3) is 0 Å². The normalized spacial score (nSPS) is 12.8. The Labute approximate surface area is 165 Å². The van der Waals surface area contributed by atoms with Crippen LogP contribution in [0.15, 0.2) is 36.7 Å². The van der Waals surface area contributed by atoms with Gasteiger partial charge >= 0.3 is 129 Å². The summed E-state index contributed by atoms with van der Waals surface area (Å²) >= 11 is -2.03. The van der Waals surface area contributed by atoms with E-state index in [2.05, 4.69) is 50.7 Å². The molecule has 0 aliphatic carbocycles. The summed E-state index contributed by atoms with van der Waals surface area (Å²) in [5, 5.41) is 2.66. The van der Waals surface area contributed by atoms with Gasteiger partial charge in [0, 0.05) is 0 Å². The molecule has 0 aliphatic heterocycles. The van der Waals surface area contributed by atoms with Crippen molar-refractivity contribution in [3.05, 3.63) is 36.7 Å². The minimum atomic E-state index is -6.09.